The zero-order valence-electron chi connectivity index (χ0n) is 11.5. The van der Waals surface area contributed by atoms with E-state index in [1.807, 2.05) is 43.1 Å². The highest BCUT2D eigenvalue weighted by molar-refractivity contribution is 5.70. The Morgan fingerprint density at radius 2 is 1.95 bits per heavy atom. The lowest BCUT2D eigenvalue weighted by atomic mass is 10.1. The number of nitriles is 1. The van der Waals surface area contributed by atoms with Gasteiger partial charge in [-0.3, -0.25) is 0 Å². The molecule has 0 spiro atoms. The van der Waals surface area contributed by atoms with Crippen molar-refractivity contribution in [2.24, 2.45) is 5.73 Å². The van der Waals surface area contributed by atoms with Crippen molar-refractivity contribution >= 4 is 11.4 Å². The number of phenols is 1. The summed E-state index contributed by atoms with van der Waals surface area (Å²) in [6.07, 6.45) is 0. The van der Waals surface area contributed by atoms with Crippen molar-refractivity contribution in [3.8, 4) is 11.8 Å². The molecule has 20 heavy (non-hydrogen) atoms. The van der Waals surface area contributed by atoms with E-state index in [0.717, 1.165) is 11.4 Å². The van der Waals surface area contributed by atoms with Gasteiger partial charge in [-0.05, 0) is 25.1 Å². The van der Waals surface area contributed by atoms with Crippen LogP contribution in [0.4, 0.5) is 11.4 Å². The van der Waals surface area contributed by atoms with Crippen molar-refractivity contribution in [1.29, 1.82) is 5.26 Å². The maximum Gasteiger partial charge on any atom is 0.122 e. The third kappa shape index (κ3) is 2.58. The second-order valence-corrected chi connectivity index (χ2v) is 4.72. The van der Waals surface area contributed by atoms with Crippen molar-refractivity contribution in [3.05, 3.63) is 53.6 Å². The number of hydrogen-bond acceptors (Lipinski definition) is 4. The highest BCUT2D eigenvalue weighted by atomic mass is 16.3. The highest BCUT2D eigenvalue weighted by Gasteiger charge is 2.12. The molecule has 1 unspecified atom stereocenters. The maximum atomic E-state index is 10.0. The molecule has 2 rings (SSSR count). The average Bonchev–Trinajstić information content (AvgIpc) is 2.45. The van der Waals surface area contributed by atoms with E-state index >= 15 is 0 Å². The Bertz CT molecular complexity index is 659. The number of nitrogens with zero attached hydrogens (tertiary/aromatic N) is 2. The molecule has 0 aliphatic rings. The fourth-order valence-electron chi connectivity index (χ4n) is 2.13. The Balaban J connectivity index is 2.42. The lowest BCUT2D eigenvalue weighted by Gasteiger charge is -2.21. The van der Waals surface area contributed by atoms with Gasteiger partial charge in [-0.25, -0.2) is 0 Å². The molecular weight excluding hydrogens is 250 g/mol. The van der Waals surface area contributed by atoms with E-state index < -0.39 is 0 Å². The van der Waals surface area contributed by atoms with Gasteiger partial charge >= 0.3 is 0 Å². The van der Waals surface area contributed by atoms with Gasteiger partial charge in [0.2, 0.25) is 0 Å². The first kappa shape index (κ1) is 13.9. The van der Waals surface area contributed by atoms with Crippen molar-refractivity contribution in [1.82, 2.24) is 0 Å². The van der Waals surface area contributed by atoms with Crippen LogP contribution in [0.3, 0.4) is 0 Å². The number of anilines is 2. The molecular formula is C16H17N3O. The molecule has 2 aromatic rings. The van der Waals surface area contributed by atoms with Gasteiger partial charge in [0.15, 0.2) is 0 Å². The number of benzene rings is 2. The van der Waals surface area contributed by atoms with Gasteiger partial charge in [-0.1, -0.05) is 18.2 Å². The Hall–Kier alpha value is -2.51. The summed E-state index contributed by atoms with van der Waals surface area (Å²) >= 11 is 0. The molecule has 3 N–H and O–H groups in total. The normalized spacial score (nSPS) is 11.7. The molecule has 1 atom stereocenters. The van der Waals surface area contributed by atoms with E-state index in [1.165, 1.54) is 0 Å². The fraction of sp³-hybridized carbons (Fsp3) is 0.188. The number of rotatable bonds is 3. The van der Waals surface area contributed by atoms with E-state index in [1.54, 1.807) is 18.2 Å². The Morgan fingerprint density at radius 1 is 1.25 bits per heavy atom. The minimum absolute atomic E-state index is 0.166. The first-order valence-electron chi connectivity index (χ1n) is 6.36. The van der Waals surface area contributed by atoms with Crippen molar-refractivity contribution in [2.45, 2.75) is 13.0 Å². The molecule has 4 nitrogen and oxygen atoms in total. The second kappa shape index (κ2) is 5.64. The fourth-order valence-corrected chi connectivity index (χ4v) is 2.13. The van der Waals surface area contributed by atoms with Crippen LogP contribution >= 0.6 is 0 Å². The topological polar surface area (TPSA) is 73.3 Å². The van der Waals surface area contributed by atoms with Crippen LogP contribution in [0.5, 0.6) is 5.75 Å². The molecule has 0 radical (unpaired) electrons. The monoisotopic (exact) mass is 267 g/mol. The maximum absolute atomic E-state index is 10.0. The van der Waals surface area contributed by atoms with Gasteiger partial charge in [0.1, 0.15) is 11.8 Å². The largest absolute Gasteiger partial charge is 0.508 e. The molecule has 0 bridgehead atoms. The van der Waals surface area contributed by atoms with Crippen LogP contribution in [0, 0.1) is 11.3 Å². The summed E-state index contributed by atoms with van der Waals surface area (Å²) in [5.41, 5.74) is 8.67. The standard InChI is InChI=1S/C16H17N3O/c1-11(18)14-8-7-13(9-16(14)20)19(2)15-6-4-3-5-12(15)10-17/h3-9,11,20H,18H2,1-2H3. The van der Waals surface area contributed by atoms with Gasteiger partial charge in [0.05, 0.1) is 11.3 Å². The lowest BCUT2D eigenvalue weighted by molar-refractivity contribution is 0.464. The van der Waals surface area contributed by atoms with Crippen LogP contribution < -0.4 is 10.6 Å². The summed E-state index contributed by atoms with van der Waals surface area (Å²) in [7, 11) is 1.86. The number of hydrogen-bond donors (Lipinski definition) is 2. The minimum Gasteiger partial charge on any atom is -0.508 e. The summed E-state index contributed by atoms with van der Waals surface area (Å²) < 4.78 is 0. The molecule has 0 saturated heterocycles. The van der Waals surface area contributed by atoms with Gasteiger partial charge < -0.3 is 15.7 Å². The molecule has 0 aliphatic heterocycles. The molecule has 0 fully saturated rings. The third-order valence-corrected chi connectivity index (χ3v) is 3.28. The molecule has 2 aromatic carbocycles. The van der Waals surface area contributed by atoms with Gasteiger partial charge in [0.25, 0.3) is 0 Å². The van der Waals surface area contributed by atoms with E-state index in [4.69, 9.17) is 11.0 Å². The summed E-state index contributed by atoms with van der Waals surface area (Å²) in [4.78, 5) is 1.86. The van der Waals surface area contributed by atoms with Crippen LogP contribution in [0.1, 0.15) is 24.1 Å². The van der Waals surface area contributed by atoms with Crippen LogP contribution in [-0.4, -0.2) is 12.2 Å². The van der Waals surface area contributed by atoms with Crippen LogP contribution in [0.25, 0.3) is 0 Å². The smallest absolute Gasteiger partial charge is 0.122 e. The first-order valence-corrected chi connectivity index (χ1v) is 6.36. The SMILES string of the molecule is CC(N)c1ccc(N(C)c2ccccc2C#N)cc1O. The molecule has 102 valence electrons. The van der Waals surface area contributed by atoms with Crippen molar-refractivity contribution in [2.75, 3.05) is 11.9 Å². The zero-order valence-corrected chi connectivity index (χ0v) is 11.5. The van der Waals surface area contributed by atoms with Crippen LogP contribution in [-0.2, 0) is 0 Å². The van der Waals surface area contributed by atoms with Gasteiger partial charge in [-0.2, -0.15) is 5.26 Å². The van der Waals surface area contributed by atoms with Gasteiger partial charge in [-0.15, -0.1) is 0 Å². The second-order valence-electron chi connectivity index (χ2n) is 4.72. The third-order valence-electron chi connectivity index (χ3n) is 3.28. The summed E-state index contributed by atoms with van der Waals surface area (Å²) in [5, 5.41) is 19.2. The van der Waals surface area contributed by atoms with E-state index in [9.17, 15) is 5.11 Å². The predicted octanol–water partition coefficient (Wildman–Crippen LogP) is 3.05. The van der Waals surface area contributed by atoms with E-state index in [2.05, 4.69) is 6.07 Å². The predicted molar refractivity (Wildman–Crippen MR) is 79.9 cm³/mol. The number of para-hydroxylation sites is 1. The first-order chi connectivity index (χ1) is 9.54. The Labute approximate surface area is 118 Å². The lowest BCUT2D eigenvalue weighted by Crippen LogP contribution is -2.12. The zero-order chi connectivity index (χ0) is 14.7. The summed E-state index contributed by atoms with van der Waals surface area (Å²) in [6.45, 7) is 1.82. The van der Waals surface area contributed by atoms with Crippen LogP contribution in [0.2, 0.25) is 0 Å². The quantitative estimate of drug-likeness (QED) is 0.896. The number of nitrogens with two attached hydrogens (primary N) is 1. The Morgan fingerprint density at radius 3 is 2.55 bits per heavy atom. The molecule has 4 heteroatoms. The van der Waals surface area contributed by atoms with Gasteiger partial charge in [0, 0.05) is 30.4 Å². The molecule has 0 heterocycles. The van der Waals surface area contributed by atoms with E-state index in [-0.39, 0.29) is 11.8 Å². The summed E-state index contributed by atoms with van der Waals surface area (Å²) in [6, 6.07) is 14.6. The summed E-state index contributed by atoms with van der Waals surface area (Å²) in [5.74, 6) is 0.166. The van der Waals surface area contributed by atoms with Crippen molar-refractivity contribution < 1.29 is 5.11 Å². The Kier molecular flexibility index (Phi) is 3.92. The van der Waals surface area contributed by atoms with Crippen LogP contribution in [0.15, 0.2) is 42.5 Å². The highest BCUT2D eigenvalue weighted by Crippen LogP contribution is 2.32. The number of phenolic OH excluding ortho intramolecular Hbond substituents is 1. The number of aromatic hydroxyl groups is 1. The minimum atomic E-state index is -0.222. The molecule has 0 aliphatic carbocycles. The average molecular weight is 267 g/mol. The molecule has 0 amide bonds. The molecule has 0 aromatic heterocycles. The molecule has 0 saturated carbocycles. The van der Waals surface area contributed by atoms with Crippen molar-refractivity contribution in [3.63, 3.8) is 0 Å². The van der Waals surface area contributed by atoms with E-state index in [0.29, 0.717) is 11.1 Å².